The minimum absolute atomic E-state index is 0.532. The van der Waals surface area contributed by atoms with E-state index in [9.17, 15) is 0 Å². The van der Waals surface area contributed by atoms with Crippen molar-refractivity contribution in [2.24, 2.45) is 0 Å². The lowest BCUT2D eigenvalue weighted by Gasteiger charge is -2.11. The molecule has 4 heteroatoms. The average molecular weight is 307 g/mol. The van der Waals surface area contributed by atoms with Crippen molar-refractivity contribution >= 4 is 21.6 Å². The maximum atomic E-state index is 5.78. The highest BCUT2D eigenvalue weighted by atomic mass is 79.9. The van der Waals surface area contributed by atoms with E-state index in [2.05, 4.69) is 34.8 Å². The van der Waals surface area contributed by atoms with Crippen LogP contribution in [0.2, 0.25) is 0 Å². The fourth-order valence-electron chi connectivity index (χ4n) is 1.53. The topological polar surface area (TPSA) is 48.1 Å². The van der Waals surface area contributed by atoms with E-state index in [4.69, 9.17) is 10.5 Å². The van der Waals surface area contributed by atoms with Crippen molar-refractivity contribution in [1.82, 2.24) is 4.98 Å². The molecule has 2 rings (SSSR count). The molecule has 18 heavy (non-hydrogen) atoms. The van der Waals surface area contributed by atoms with Crippen LogP contribution < -0.4 is 10.5 Å². The lowest BCUT2D eigenvalue weighted by Crippen LogP contribution is -1.96. The molecule has 0 saturated carbocycles. The van der Waals surface area contributed by atoms with E-state index in [0.29, 0.717) is 11.6 Å². The minimum atomic E-state index is 0.532. The number of aromatic nitrogens is 1. The van der Waals surface area contributed by atoms with Gasteiger partial charge in [-0.05, 0) is 65.5 Å². The van der Waals surface area contributed by atoms with Gasteiger partial charge in [-0.3, -0.25) is 0 Å². The molecule has 2 N–H and O–H groups in total. The Hall–Kier alpha value is -1.55. The van der Waals surface area contributed by atoms with E-state index >= 15 is 0 Å². The summed E-state index contributed by atoms with van der Waals surface area (Å²) in [6, 6.07) is 5.96. The third-order valence-electron chi connectivity index (χ3n) is 2.96. The largest absolute Gasteiger partial charge is 0.438 e. The monoisotopic (exact) mass is 306 g/mol. The summed E-state index contributed by atoms with van der Waals surface area (Å²) in [5.74, 6) is 1.31. The zero-order chi connectivity index (χ0) is 13.3. The number of nitrogen functional groups attached to an aromatic ring is 1. The van der Waals surface area contributed by atoms with Crippen molar-refractivity contribution in [3.8, 4) is 11.6 Å². The summed E-state index contributed by atoms with van der Waals surface area (Å²) in [7, 11) is 0. The molecule has 0 aliphatic rings. The van der Waals surface area contributed by atoms with Crippen LogP contribution in [0.3, 0.4) is 0 Å². The molecule has 0 bridgehead atoms. The minimum Gasteiger partial charge on any atom is -0.438 e. The van der Waals surface area contributed by atoms with Crippen LogP contribution in [-0.4, -0.2) is 4.98 Å². The first-order valence-corrected chi connectivity index (χ1v) is 6.44. The van der Waals surface area contributed by atoms with Gasteiger partial charge in [-0.15, -0.1) is 0 Å². The predicted octanol–water partition coefficient (Wildman–Crippen LogP) is 4.14. The molecule has 1 aromatic heterocycles. The third kappa shape index (κ3) is 2.48. The van der Waals surface area contributed by atoms with Crippen molar-refractivity contribution < 1.29 is 4.74 Å². The van der Waals surface area contributed by atoms with Gasteiger partial charge in [0.1, 0.15) is 5.75 Å². The number of anilines is 1. The van der Waals surface area contributed by atoms with Gasteiger partial charge in [-0.2, -0.15) is 0 Å². The smallest absolute Gasteiger partial charge is 0.233 e. The lowest BCUT2D eigenvalue weighted by molar-refractivity contribution is 0.459. The number of hydrogen-bond acceptors (Lipinski definition) is 3. The van der Waals surface area contributed by atoms with E-state index in [1.165, 1.54) is 11.1 Å². The van der Waals surface area contributed by atoms with E-state index in [0.717, 1.165) is 15.8 Å². The van der Waals surface area contributed by atoms with Crippen LogP contribution in [0.15, 0.2) is 28.9 Å². The molecular formula is C14H15BrN2O. The molecule has 0 aliphatic carbocycles. The van der Waals surface area contributed by atoms with Crippen molar-refractivity contribution in [1.29, 1.82) is 0 Å². The number of ether oxygens (including phenoxy) is 1. The van der Waals surface area contributed by atoms with E-state index in [1.807, 2.05) is 25.1 Å². The van der Waals surface area contributed by atoms with Crippen molar-refractivity contribution in [3.05, 3.63) is 45.6 Å². The van der Waals surface area contributed by atoms with Crippen LogP contribution in [0.25, 0.3) is 0 Å². The summed E-state index contributed by atoms with van der Waals surface area (Å²) in [6.07, 6.45) is 1.61. The van der Waals surface area contributed by atoms with E-state index in [1.54, 1.807) is 6.20 Å². The highest BCUT2D eigenvalue weighted by molar-refractivity contribution is 9.10. The average Bonchev–Trinajstić information content (AvgIpc) is 2.34. The van der Waals surface area contributed by atoms with Gasteiger partial charge >= 0.3 is 0 Å². The van der Waals surface area contributed by atoms with Gasteiger partial charge in [0.05, 0.1) is 16.4 Å². The van der Waals surface area contributed by atoms with Crippen molar-refractivity contribution in [2.75, 3.05) is 5.73 Å². The number of aryl methyl sites for hydroxylation is 2. The molecule has 0 aliphatic heterocycles. The van der Waals surface area contributed by atoms with E-state index in [-0.39, 0.29) is 0 Å². The SMILES string of the molecule is Cc1ccc(Oc2ncc(N)c(C)c2Br)cc1C. The van der Waals surface area contributed by atoms with Crippen LogP contribution in [0.4, 0.5) is 5.69 Å². The van der Waals surface area contributed by atoms with Gasteiger partial charge in [-0.1, -0.05) is 6.07 Å². The summed E-state index contributed by atoms with van der Waals surface area (Å²) >= 11 is 3.45. The zero-order valence-corrected chi connectivity index (χ0v) is 12.2. The number of rotatable bonds is 2. The van der Waals surface area contributed by atoms with Gasteiger partial charge in [0.2, 0.25) is 5.88 Å². The fourth-order valence-corrected chi connectivity index (χ4v) is 1.94. The fraction of sp³-hybridized carbons (Fsp3) is 0.214. The third-order valence-corrected chi connectivity index (χ3v) is 3.90. The highest BCUT2D eigenvalue weighted by Crippen LogP contribution is 2.33. The van der Waals surface area contributed by atoms with Gasteiger partial charge in [0.25, 0.3) is 0 Å². The Kier molecular flexibility index (Phi) is 3.57. The molecule has 3 nitrogen and oxygen atoms in total. The number of nitrogens with zero attached hydrogens (tertiary/aromatic N) is 1. The molecule has 1 heterocycles. The summed E-state index contributed by atoms with van der Waals surface area (Å²) in [5.41, 5.74) is 9.79. The Bertz CT molecular complexity index is 597. The normalized spacial score (nSPS) is 10.4. The summed E-state index contributed by atoms with van der Waals surface area (Å²) in [5, 5.41) is 0. The summed E-state index contributed by atoms with van der Waals surface area (Å²) < 4.78 is 6.56. The summed E-state index contributed by atoms with van der Waals surface area (Å²) in [6.45, 7) is 6.05. The second-order valence-electron chi connectivity index (χ2n) is 4.31. The Morgan fingerprint density at radius 2 is 1.89 bits per heavy atom. The molecule has 0 fully saturated rings. The number of halogens is 1. The van der Waals surface area contributed by atoms with Crippen LogP contribution in [-0.2, 0) is 0 Å². The number of hydrogen-bond donors (Lipinski definition) is 1. The lowest BCUT2D eigenvalue weighted by atomic mass is 10.1. The standard InChI is InChI=1S/C14H15BrN2O/c1-8-4-5-11(6-9(8)2)18-14-13(15)10(3)12(16)7-17-14/h4-7H,16H2,1-3H3. The molecule has 94 valence electrons. The molecule has 0 amide bonds. The maximum absolute atomic E-state index is 5.78. The quantitative estimate of drug-likeness (QED) is 0.907. The molecule has 0 atom stereocenters. The van der Waals surface area contributed by atoms with Crippen LogP contribution >= 0.6 is 15.9 Å². The first kappa shape index (κ1) is 12.9. The van der Waals surface area contributed by atoms with Gasteiger partial charge in [-0.25, -0.2) is 4.98 Å². The van der Waals surface area contributed by atoms with Crippen LogP contribution in [0, 0.1) is 20.8 Å². The molecular weight excluding hydrogens is 292 g/mol. The first-order chi connectivity index (χ1) is 8.49. The van der Waals surface area contributed by atoms with Gasteiger partial charge < -0.3 is 10.5 Å². The Labute approximate surface area is 115 Å². The Balaban J connectivity index is 2.34. The predicted molar refractivity (Wildman–Crippen MR) is 77.1 cm³/mol. The summed E-state index contributed by atoms with van der Waals surface area (Å²) in [4.78, 5) is 4.19. The molecule has 0 unspecified atom stereocenters. The van der Waals surface area contributed by atoms with Crippen molar-refractivity contribution in [3.63, 3.8) is 0 Å². The number of benzene rings is 1. The Morgan fingerprint density at radius 3 is 2.56 bits per heavy atom. The highest BCUT2D eigenvalue weighted by Gasteiger charge is 2.10. The first-order valence-electron chi connectivity index (χ1n) is 5.64. The number of nitrogens with two attached hydrogens (primary N) is 1. The molecule has 2 aromatic rings. The Morgan fingerprint density at radius 1 is 1.17 bits per heavy atom. The van der Waals surface area contributed by atoms with Gasteiger partial charge in [0.15, 0.2) is 0 Å². The van der Waals surface area contributed by atoms with Crippen LogP contribution in [0.5, 0.6) is 11.6 Å². The molecule has 1 aromatic carbocycles. The number of pyridine rings is 1. The second kappa shape index (κ2) is 4.98. The van der Waals surface area contributed by atoms with Crippen LogP contribution in [0.1, 0.15) is 16.7 Å². The zero-order valence-electron chi connectivity index (χ0n) is 10.6. The van der Waals surface area contributed by atoms with Gasteiger partial charge in [0, 0.05) is 0 Å². The second-order valence-corrected chi connectivity index (χ2v) is 5.10. The van der Waals surface area contributed by atoms with Crippen molar-refractivity contribution in [2.45, 2.75) is 20.8 Å². The maximum Gasteiger partial charge on any atom is 0.233 e. The molecule has 0 saturated heterocycles. The molecule has 0 spiro atoms. The van der Waals surface area contributed by atoms with E-state index < -0.39 is 0 Å². The molecule has 0 radical (unpaired) electrons.